The van der Waals surface area contributed by atoms with E-state index < -0.39 is 0 Å². The lowest BCUT2D eigenvalue weighted by atomic mass is 9.81. The first kappa shape index (κ1) is 12.4. The Bertz CT molecular complexity index is 199. The molecule has 16 heavy (non-hydrogen) atoms. The van der Waals surface area contributed by atoms with Crippen LogP contribution in [0.2, 0.25) is 0 Å². The molecule has 1 saturated heterocycles. The van der Waals surface area contributed by atoms with Crippen molar-refractivity contribution in [1.82, 2.24) is 4.90 Å². The summed E-state index contributed by atoms with van der Waals surface area (Å²) in [4.78, 5) is 2.72. The summed E-state index contributed by atoms with van der Waals surface area (Å²) in [5, 5.41) is 9.17. The molecule has 1 saturated carbocycles. The van der Waals surface area contributed by atoms with Crippen LogP contribution in [0.1, 0.15) is 51.9 Å². The third-order valence-electron chi connectivity index (χ3n) is 4.77. The number of nitrogens with zero attached hydrogens (tertiary/aromatic N) is 1. The van der Waals surface area contributed by atoms with Gasteiger partial charge in [-0.05, 0) is 50.6 Å². The number of rotatable bonds is 3. The summed E-state index contributed by atoms with van der Waals surface area (Å²) in [6, 6.07) is 0.860. The largest absolute Gasteiger partial charge is 0.396 e. The Morgan fingerprint density at radius 2 is 1.75 bits per heavy atom. The molecule has 2 fully saturated rings. The van der Waals surface area contributed by atoms with Crippen molar-refractivity contribution in [2.24, 2.45) is 11.8 Å². The Hall–Kier alpha value is -0.0800. The molecule has 0 spiro atoms. The fourth-order valence-electron chi connectivity index (χ4n) is 3.61. The Morgan fingerprint density at radius 1 is 1.06 bits per heavy atom. The smallest absolute Gasteiger partial charge is 0.0460 e. The zero-order valence-corrected chi connectivity index (χ0v) is 10.7. The molecule has 1 aliphatic carbocycles. The van der Waals surface area contributed by atoms with E-state index in [4.69, 9.17) is 5.11 Å². The molecule has 94 valence electrons. The van der Waals surface area contributed by atoms with Crippen molar-refractivity contribution < 1.29 is 5.11 Å². The highest BCUT2D eigenvalue weighted by Crippen LogP contribution is 2.32. The molecule has 2 rings (SSSR count). The van der Waals surface area contributed by atoms with Gasteiger partial charge in [0.25, 0.3) is 0 Å². The standard InChI is InChI=1S/C14H27NO/c1-2-13-5-3-4-6-14(13)15-9-7-12(11-16)8-10-15/h12-14,16H,2-11H2,1H3. The number of aliphatic hydroxyl groups excluding tert-OH is 1. The number of aliphatic hydroxyl groups is 1. The fourth-order valence-corrected chi connectivity index (χ4v) is 3.61. The first-order chi connectivity index (χ1) is 7.85. The van der Waals surface area contributed by atoms with Crippen molar-refractivity contribution in [3.05, 3.63) is 0 Å². The SMILES string of the molecule is CCC1CCCCC1N1CCC(CO)CC1. The Morgan fingerprint density at radius 3 is 2.38 bits per heavy atom. The number of hydrogen-bond donors (Lipinski definition) is 1. The van der Waals surface area contributed by atoms with E-state index in [1.807, 2.05) is 0 Å². The Labute approximate surface area is 100 Å². The van der Waals surface area contributed by atoms with Gasteiger partial charge in [0.15, 0.2) is 0 Å². The van der Waals surface area contributed by atoms with E-state index in [1.165, 1.54) is 58.0 Å². The second kappa shape index (κ2) is 6.02. The van der Waals surface area contributed by atoms with Gasteiger partial charge in [0.2, 0.25) is 0 Å². The van der Waals surface area contributed by atoms with Gasteiger partial charge >= 0.3 is 0 Å². The average Bonchev–Trinajstić information content (AvgIpc) is 2.39. The van der Waals surface area contributed by atoms with Gasteiger partial charge in [-0.2, -0.15) is 0 Å². The molecule has 0 aromatic carbocycles. The van der Waals surface area contributed by atoms with Gasteiger partial charge < -0.3 is 10.0 Å². The average molecular weight is 225 g/mol. The third-order valence-corrected chi connectivity index (χ3v) is 4.77. The number of hydrogen-bond acceptors (Lipinski definition) is 2. The highest BCUT2D eigenvalue weighted by Gasteiger charge is 2.31. The molecule has 2 nitrogen and oxygen atoms in total. The fraction of sp³-hybridized carbons (Fsp3) is 1.00. The van der Waals surface area contributed by atoms with Crippen LogP contribution in [0.25, 0.3) is 0 Å². The van der Waals surface area contributed by atoms with Crippen molar-refractivity contribution >= 4 is 0 Å². The first-order valence-corrected chi connectivity index (χ1v) is 7.20. The van der Waals surface area contributed by atoms with Gasteiger partial charge in [0, 0.05) is 12.6 Å². The van der Waals surface area contributed by atoms with Gasteiger partial charge in [-0.25, -0.2) is 0 Å². The lowest BCUT2D eigenvalue weighted by Gasteiger charge is -2.43. The molecule has 2 unspecified atom stereocenters. The van der Waals surface area contributed by atoms with Crippen molar-refractivity contribution in [1.29, 1.82) is 0 Å². The van der Waals surface area contributed by atoms with Crippen molar-refractivity contribution in [3.8, 4) is 0 Å². The predicted octanol–water partition coefficient (Wildman–Crippen LogP) is 2.66. The molecule has 0 amide bonds. The highest BCUT2D eigenvalue weighted by atomic mass is 16.3. The highest BCUT2D eigenvalue weighted by molar-refractivity contribution is 4.85. The van der Waals surface area contributed by atoms with E-state index in [2.05, 4.69) is 11.8 Å². The lowest BCUT2D eigenvalue weighted by molar-refractivity contribution is 0.0533. The van der Waals surface area contributed by atoms with Gasteiger partial charge in [-0.1, -0.05) is 26.2 Å². The van der Waals surface area contributed by atoms with E-state index in [-0.39, 0.29) is 0 Å². The van der Waals surface area contributed by atoms with E-state index in [0.717, 1.165) is 12.0 Å². The van der Waals surface area contributed by atoms with E-state index in [1.54, 1.807) is 0 Å². The van der Waals surface area contributed by atoms with Crippen LogP contribution in [0.15, 0.2) is 0 Å². The summed E-state index contributed by atoms with van der Waals surface area (Å²) in [5.74, 6) is 1.53. The van der Waals surface area contributed by atoms with E-state index >= 15 is 0 Å². The van der Waals surface area contributed by atoms with Crippen molar-refractivity contribution in [2.75, 3.05) is 19.7 Å². The lowest BCUT2D eigenvalue weighted by Crippen LogP contribution is -2.46. The van der Waals surface area contributed by atoms with E-state index in [9.17, 15) is 0 Å². The zero-order valence-electron chi connectivity index (χ0n) is 10.7. The molecule has 1 aliphatic heterocycles. The van der Waals surface area contributed by atoms with Crippen molar-refractivity contribution in [2.45, 2.75) is 57.9 Å². The molecule has 2 heteroatoms. The molecule has 0 aromatic heterocycles. The minimum Gasteiger partial charge on any atom is -0.396 e. The molecular formula is C14H27NO. The maximum atomic E-state index is 9.17. The maximum Gasteiger partial charge on any atom is 0.0460 e. The molecule has 1 heterocycles. The monoisotopic (exact) mass is 225 g/mol. The molecule has 0 bridgehead atoms. The minimum atomic E-state index is 0.399. The number of likely N-dealkylation sites (tertiary alicyclic amines) is 1. The van der Waals surface area contributed by atoms with E-state index in [0.29, 0.717) is 12.5 Å². The second-order valence-electron chi connectivity index (χ2n) is 5.68. The van der Waals surface area contributed by atoms with Crippen LogP contribution in [0.4, 0.5) is 0 Å². The second-order valence-corrected chi connectivity index (χ2v) is 5.68. The molecule has 2 atom stereocenters. The van der Waals surface area contributed by atoms with Crippen LogP contribution < -0.4 is 0 Å². The Kier molecular flexibility index (Phi) is 4.66. The molecule has 0 radical (unpaired) electrons. The van der Waals surface area contributed by atoms with Crippen LogP contribution in [0.3, 0.4) is 0 Å². The molecular weight excluding hydrogens is 198 g/mol. The van der Waals surface area contributed by atoms with Gasteiger partial charge in [-0.3, -0.25) is 0 Å². The van der Waals surface area contributed by atoms with Crippen molar-refractivity contribution in [3.63, 3.8) is 0 Å². The van der Waals surface area contributed by atoms with Crippen LogP contribution >= 0.6 is 0 Å². The summed E-state index contributed by atoms with van der Waals surface area (Å²) < 4.78 is 0. The van der Waals surface area contributed by atoms with Gasteiger partial charge in [0.1, 0.15) is 0 Å². The topological polar surface area (TPSA) is 23.5 Å². The quantitative estimate of drug-likeness (QED) is 0.798. The summed E-state index contributed by atoms with van der Waals surface area (Å²) >= 11 is 0. The molecule has 2 aliphatic rings. The summed E-state index contributed by atoms with van der Waals surface area (Å²) in [5.41, 5.74) is 0. The summed E-state index contributed by atoms with van der Waals surface area (Å²) in [6.07, 6.45) is 9.52. The van der Waals surface area contributed by atoms with Crippen LogP contribution in [-0.2, 0) is 0 Å². The maximum absolute atomic E-state index is 9.17. The first-order valence-electron chi connectivity index (χ1n) is 7.20. The summed E-state index contributed by atoms with van der Waals surface area (Å²) in [6.45, 7) is 5.21. The normalized spacial score (nSPS) is 34.1. The Balaban J connectivity index is 1.86. The number of piperidine rings is 1. The zero-order chi connectivity index (χ0) is 11.4. The van der Waals surface area contributed by atoms with Crippen LogP contribution in [0.5, 0.6) is 0 Å². The van der Waals surface area contributed by atoms with Crippen LogP contribution in [0, 0.1) is 11.8 Å². The van der Waals surface area contributed by atoms with Gasteiger partial charge in [0.05, 0.1) is 0 Å². The third kappa shape index (κ3) is 2.78. The summed E-state index contributed by atoms with van der Waals surface area (Å²) in [7, 11) is 0. The molecule has 0 aromatic rings. The van der Waals surface area contributed by atoms with Gasteiger partial charge in [-0.15, -0.1) is 0 Å². The predicted molar refractivity (Wildman–Crippen MR) is 67.4 cm³/mol. The molecule has 1 N–H and O–H groups in total. The minimum absolute atomic E-state index is 0.399. The van der Waals surface area contributed by atoms with Crippen LogP contribution in [-0.4, -0.2) is 35.7 Å².